The van der Waals surface area contributed by atoms with Gasteiger partial charge in [0.1, 0.15) is 17.4 Å². The number of hydrogen-bond donors (Lipinski definition) is 1. The van der Waals surface area contributed by atoms with E-state index in [0.717, 1.165) is 5.69 Å². The summed E-state index contributed by atoms with van der Waals surface area (Å²) in [6.45, 7) is 0.315. The summed E-state index contributed by atoms with van der Waals surface area (Å²) < 4.78 is 35.5. The molecule has 0 saturated carbocycles. The van der Waals surface area contributed by atoms with Crippen molar-refractivity contribution >= 4 is 11.4 Å². The van der Waals surface area contributed by atoms with E-state index in [0.29, 0.717) is 35.6 Å². The topological polar surface area (TPSA) is 123 Å². The Morgan fingerprint density at radius 2 is 2.12 bits per heavy atom. The van der Waals surface area contributed by atoms with E-state index in [-0.39, 0.29) is 17.5 Å². The lowest BCUT2D eigenvalue weighted by Gasteiger charge is -2.32. The summed E-state index contributed by atoms with van der Waals surface area (Å²) in [5.74, 6) is -0.603. The summed E-state index contributed by atoms with van der Waals surface area (Å²) in [5.41, 5.74) is 2.53. The van der Waals surface area contributed by atoms with Crippen molar-refractivity contribution in [3.8, 4) is 11.6 Å². The number of imidazole rings is 1. The van der Waals surface area contributed by atoms with E-state index in [1.54, 1.807) is 42.2 Å². The Balaban J connectivity index is 1.41. The first-order valence-corrected chi connectivity index (χ1v) is 10.4. The largest absolute Gasteiger partial charge is 0.411 e. The van der Waals surface area contributed by atoms with Gasteiger partial charge in [-0.1, -0.05) is 6.07 Å². The molecular formula is C21H17F2N9O2. The standard InChI is InChI=1S/C21H17F2N9O2/c1-30-7-5-13(28-30)19-26-27-20(34-19)21(33)31-8-6-12-16(25-10-24-12)17(31)14-9-11-3-2-4-15(18(22)23)32(11)29-14/h2-5,7,9-10,17-18H,6,8H2,1H3,(H,24,25)/t17-/m0/s1. The van der Waals surface area contributed by atoms with Gasteiger partial charge >= 0.3 is 11.8 Å². The third-order valence-corrected chi connectivity index (χ3v) is 5.76. The number of aryl methyl sites for hydroxylation is 1. The summed E-state index contributed by atoms with van der Waals surface area (Å²) in [4.78, 5) is 22.5. The molecule has 0 spiro atoms. The second-order valence-corrected chi connectivity index (χ2v) is 7.86. The number of H-pyrrole nitrogens is 1. The predicted molar refractivity (Wildman–Crippen MR) is 112 cm³/mol. The van der Waals surface area contributed by atoms with Crippen LogP contribution in [-0.4, -0.2) is 56.9 Å². The summed E-state index contributed by atoms with van der Waals surface area (Å²) in [6.07, 6.45) is 1.08. The number of aromatic amines is 1. The van der Waals surface area contributed by atoms with Gasteiger partial charge in [-0.2, -0.15) is 10.2 Å². The number of nitrogens with zero attached hydrogens (tertiary/aromatic N) is 8. The molecule has 1 aliphatic rings. The van der Waals surface area contributed by atoms with Gasteiger partial charge in [-0.05, 0) is 24.3 Å². The number of carbonyl (C=O) groups excluding carboxylic acids is 1. The molecule has 6 rings (SSSR count). The highest BCUT2D eigenvalue weighted by Gasteiger charge is 2.38. The van der Waals surface area contributed by atoms with Crippen molar-refractivity contribution in [1.29, 1.82) is 0 Å². The normalized spacial score (nSPS) is 15.9. The first kappa shape index (κ1) is 20.2. The molecule has 1 atom stereocenters. The van der Waals surface area contributed by atoms with Crippen molar-refractivity contribution in [2.45, 2.75) is 18.9 Å². The van der Waals surface area contributed by atoms with Crippen LogP contribution >= 0.6 is 0 Å². The first-order chi connectivity index (χ1) is 16.5. The lowest BCUT2D eigenvalue weighted by molar-refractivity contribution is 0.0646. The Bertz CT molecular complexity index is 1520. The van der Waals surface area contributed by atoms with Crippen molar-refractivity contribution in [3.05, 3.63) is 71.5 Å². The van der Waals surface area contributed by atoms with Crippen molar-refractivity contribution in [2.75, 3.05) is 6.54 Å². The first-order valence-electron chi connectivity index (χ1n) is 10.4. The average molecular weight is 465 g/mol. The molecule has 6 heterocycles. The lowest BCUT2D eigenvalue weighted by atomic mass is 9.99. The highest BCUT2D eigenvalue weighted by molar-refractivity contribution is 5.90. The van der Waals surface area contributed by atoms with E-state index >= 15 is 0 Å². The summed E-state index contributed by atoms with van der Waals surface area (Å²) >= 11 is 0. The molecule has 5 aromatic heterocycles. The average Bonchev–Trinajstić information content (AvgIpc) is 3.62. The maximum Gasteiger partial charge on any atom is 0.312 e. The molecule has 0 aliphatic carbocycles. The summed E-state index contributed by atoms with van der Waals surface area (Å²) in [7, 11) is 1.75. The Morgan fingerprint density at radius 3 is 2.91 bits per heavy atom. The monoisotopic (exact) mass is 465 g/mol. The van der Waals surface area contributed by atoms with Crippen LogP contribution < -0.4 is 0 Å². The zero-order chi connectivity index (χ0) is 23.4. The van der Waals surface area contributed by atoms with E-state index < -0.39 is 18.4 Å². The fourth-order valence-corrected chi connectivity index (χ4v) is 4.22. The van der Waals surface area contributed by atoms with Gasteiger partial charge in [0.2, 0.25) is 0 Å². The summed E-state index contributed by atoms with van der Waals surface area (Å²) in [6, 6.07) is 7.18. The number of rotatable bonds is 4. The molecule has 1 N–H and O–H groups in total. The molecule has 0 fully saturated rings. The molecule has 11 nitrogen and oxygen atoms in total. The number of nitrogens with one attached hydrogen (secondary N) is 1. The molecule has 5 aromatic rings. The van der Waals surface area contributed by atoms with Gasteiger partial charge in [0.15, 0.2) is 0 Å². The fourth-order valence-electron chi connectivity index (χ4n) is 4.22. The minimum atomic E-state index is -2.70. The van der Waals surface area contributed by atoms with Gasteiger partial charge in [0, 0.05) is 31.9 Å². The highest BCUT2D eigenvalue weighted by atomic mass is 19.3. The van der Waals surface area contributed by atoms with Gasteiger partial charge in [0.25, 0.3) is 12.3 Å². The molecule has 1 amide bonds. The second-order valence-electron chi connectivity index (χ2n) is 7.86. The maximum atomic E-state index is 13.5. The Labute approximate surface area is 190 Å². The van der Waals surface area contributed by atoms with E-state index in [9.17, 15) is 13.6 Å². The smallest absolute Gasteiger partial charge is 0.312 e. The zero-order valence-corrected chi connectivity index (χ0v) is 17.8. The molecule has 0 saturated heterocycles. The number of pyridine rings is 1. The number of hydrogen-bond acceptors (Lipinski definition) is 7. The van der Waals surface area contributed by atoms with E-state index in [1.165, 1.54) is 21.8 Å². The predicted octanol–water partition coefficient (Wildman–Crippen LogP) is 2.57. The SMILES string of the molecule is Cn1ccc(-c2nnc(C(=O)N3CCc4[nH]cnc4[C@@H]3c3cc4cccc(C(F)F)n4n3)o2)n1. The third kappa shape index (κ3) is 3.16. The van der Waals surface area contributed by atoms with E-state index in [4.69, 9.17) is 4.42 Å². The Morgan fingerprint density at radius 1 is 1.24 bits per heavy atom. The minimum Gasteiger partial charge on any atom is -0.411 e. The molecule has 0 aromatic carbocycles. The van der Waals surface area contributed by atoms with Gasteiger partial charge < -0.3 is 14.3 Å². The van der Waals surface area contributed by atoms with Gasteiger partial charge in [-0.3, -0.25) is 9.48 Å². The third-order valence-electron chi connectivity index (χ3n) is 5.76. The molecule has 34 heavy (non-hydrogen) atoms. The molecule has 13 heteroatoms. The van der Waals surface area contributed by atoms with Crippen LogP contribution in [0.3, 0.4) is 0 Å². The molecule has 1 aliphatic heterocycles. The van der Waals surface area contributed by atoms with Crippen LogP contribution in [-0.2, 0) is 13.5 Å². The van der Waals surface area contributed by atoms with Gasteiger partial charge in [-0.15, -0.1) is 10.2 Å². The van der Waals surface area contributed by atoms with Crippen LogP contribution in [0.15, 0.2) is 47.3 Å². The lowest BCUT2D eigenvalue weighted by Crippen LogP contribution is -2.41. The van der Waals surface area contributed by atoms with E-state index in [1.807, 2.05) is 0 Å². The molecular weight excluding hydrogens is 448 g/mol. The molecule has 0 bridgehead atoms. The number of alkyl halides is 2. The number of amides is 1. The van der Waals surface area contributed by atoms with Crippen LogP contribution in [0.5, 0.6) is 0 Å². The fraction of sp³-hybridized carbons (Fsp3) is 0.238. The zero-order valence-electron chi connectivity index (χ0n) is 17.8. The Hall–Kier alpha value is -4.42. The molecule has 172 valence electrons. The number of fused-ring (bicyclic) bond motifs is 2. The minimum absolute atomic E-state index is 0.118. The van der Waals surface area contributed by atoms with Crippen LogP contribution in [0.4, 0.5) is 8.78 Å². The summed E-state index contributed by atoms with van der Waals surface area (Å²) in [5, 5.41) is 16.5. The highest BCUT2D eigenvalue weighted by Crippen LogP contribution is 2.35. The van der Waals surface area contributed by atoms with Crippen molar-refractivity contribution in [2.24, 2.45) is 7.05 Å². The quantitative estimate of drug-likeness (QED) is 0.433. The molecule has 0 radical (unpaired) electrons. The Kier molecular flexibility index (Phi) is 4.50. The van der Waals surface area contributed by atoms with Crippen LogP contribution in [0.1, 0.15) is 45.9 Å². The van der Waals surface area contributed by atoms with Crippen LogP contribution in [0, 0.1) is 0 Å². The number of aromatic nitrogens is 8. The van der Waals surface area contributed by atoms with Crippen LogP contribution in [0.25, 0.3) is 17.1 Å². The van der Waals surface area contributed by atoms with Gasteiger partial charge in [0.05, 0.1) is 23.2 Å². The second kappa shape index (κ2) is 7.57. The van der Waals surface area contributed by atoms with Crippen molar-refractivity contribution in [1.82, 2.24) is 44.5 Å². The van der Waals surface area contributed by atoms with Crippen LogP contribution in [0.2, 0.25) is 0 Å². The van der Waals surface area contributed by atoms with E-state index in [2.05, 4.69) is 30.4 Å². The maximum absolute atomic E-state index is 13.5. The van der Waals surface area contributed by atoms with Crippen molar-refractivity contribution < 1.29 is 18.0 Å². The number of halogens is 2. The van der Waals surface area contributed by atoms with Gasteiger partial charge in [-0.25, -0.2) is 18.3 Å². The molecule has 0 unspecified atom stereocenters. The number of carbonyl (C=O) groups is 1. The van der Waals surface area contributed by atoms with Crippen molar-refractivity contribution in [3.63, 3.8) is 0 Å².